The number of hydrogen-bond acceptors (Lipinski definition) is 4. The molecule has 1 aromatic heterocycles. The van der Waals surface area contributed by atoms with Crippen molar-refractivity contribution in [3.63, 3.8) is 0 Å². The summed E-state index contributed by atoms with van der Waals surface area (Å²) in [6.07, 6.45) is 0. The molecule has 9 heteroatoms. The van der Waals surface area contributed by atoms with E-state index in [4.69, 9.17) is 32.9 Å². The highest BCUT2D eigenvalue weighted by Gasteiger charge is 2.24. The van der Waals surface area contributed by atoms with Gasteiger partial charge >= 0.3 is 0 Å². The van der Waals surface area contributed by atoms with Gasteiger partial charge in [0.1, 0.15) is 12.6 Å². The van der Waals surface area contributed by atoms with Crippen LogP contribution in [-0.2, 0) is 16.9 Å². The Labute approximate surface area is 282 Å². The third-order valence-corrected chi connectivity index (χ3v) is 10.2. The van der Waals surface area contributed by atoms with Gasteiger partial charge in [0.25, 0.3) is 5.69 Å². The van der Waals surface area contributed by atoms with Crippen LogP contribution in [-0.4, -0.2) is 29.2 Å². The third kappa shape index (κ3) is 7.78. The Hall–Kier alpha value is -3.75. The van der Waals surface area contributed by atoms with Crippen LogP contribution in [0.2, 0.25) is 35.7 Å². The number of nitro benzene ring substituents is 1. The number of rotatable bonds is 10. The normalized spacial score (nSPS) is 12.0. The quantitative estimate of drug-likeness (QED) is 0.0641. The molecule has 0 spiro atoms. The molecule has 0 aliphatic heterocycles. The van der Waals surface area contributed by atoms with E-state index in [2.05, 4.69) is 88.9 Å². The Kier molecular flexibility index (Phi) is 9.89. The minimum absolute atomic E-state index is 0.0126. The predicted octanol–water partition coefficient (Wildman–Crippen LogP) is 11.4. The maximum atomic E-state index is 11.5. The van der Waals surface area contributed by atoms with Crippen molar-refractivity contribution >= 4 is 37.0 Å². The molecule has 0 amide bonds. The fourth-order valence-corrected chi connectivity index (χ4v) is 6.47. The minimum Gasteiger partial charge on any atom is -0.361 e. The summed E-state index contributed by atoms with van der Waals surface area (Å²) in [5.41, 5.74) is 7.39. The molecular formula is C37H39Cl2N3O3Si. The van der Waals surface area contributed by atoms with Gasteiger partial charge in [-0.2, -0.15) is 0 Å². The first-order chi connectivity index (χ1) is 21.7. The molecule has 0 saturated carbocycles. The van der Waals surface area contributed by atoms with E-state index in [-0.39, 0.29) is 17.8 Å². The van der Waals surface area contributed by atoms with Crippen molar-refractivity contribution in [2.75, 3.05) is 6.61 Å². The third-order valence-electron chi connectivity index (χ3n) is 7.95. The molecule has 6 nitrogen and oxygen atoms in total. The van der Waals surface area contributed by atoms with E-state index < -0.39 is 13.0 Å². The Morgan fingerprint density at radius 2 is 1.39 bits per heavy atom. The van der Waals surface area contributed by atoms with Crippen molar-refractivity contribution in [3.8, 4) is 45.0 Å². The molecule has 5 aromatic rings. The molecule has 4 aromatic carbocycles. The number of nitro groups is 1. The summed E-state index contributed by atoms with van der Waals surface area (Å²) in [6.45, 7) is 14.5. The van der Waals surface area contributed by atoms with Gasteiger partial charge < -0.3 is 4.74 Å². The fourth-order valence-electron chi connectivity index (χ4n) is 5.21. The summed E-state index contributed by atoms with van der Waals surface area (Å²) < 4.78 is 8.35. The monoisotopic (exact) mass is 671 g/mol. The van der Waals surface area contributed by atoms with Crippen LogP contribution in [0.4, 0.5) is 5.69 Å². The molecule has 0 bridgehead atoms. The van der Waals surface area contributed by atoms with Crippen LogP contribution in [0.25, 0.3) is 45.0 Å². The van der Waals surface area contributed by atoms with E-state index in [0.29, 0.717) is 33.7 Å². The first kappa shape index (κ1) is 33.6. The second-order valence-electron chi connectivity index (χ2n) is 13.7. The lowest BCUT2D eigenvalue weighted by Crippen LogP contribution is -2.22. The molecule has 1 heterocycles. The number of nitrogens with zero attached hydrogens (tertiary/aromatic N) is 3. The van der Waals surface area contributed by atoms with Gasteiger partial charge in [0, 0.05) is 48.5 Å². The molecule has 0 fully saturated rings. The van der Waals surface area contributed by atoms with Crippen LogP contribution in [0.1, 0.15) is 26.3 Å². The SMILES string of the molecule is CC(C)(C)c1ccc(-c2ccc(-c3nc(-c4ccc(Cl)cc4Cl)c(-c4ccc([N+](=O)[O-])cc4)n3COCC[Si](C)(C)C)cc2)cc1. The molecule has 0 N–H and O–H groups in total. The van der Waals surface area contributed by atoms with Gasteiger partial charge in [-0.3, -0.25) is 14.7 Å². The van der Waals surface area contributed by atoms with E-state index in [9.17, 15) is 10.1 Å². The second kappa shape index (κ2) is 13.5. The van der Waals surface area contributed by atoms with Gasteiger partial charge in [0.05, 0.1) is 21.3 Å². The van der Waals surface area contributed by atoms with E-state index in [1.807, 2.05) is 10.6 Å². The number of hydrogen-bond donors (Lipinski definition) is 0. The highest BCUT2D eigenvalue weighted by Crippen LogP contribution is 2.40. The van der Waals surface area contributed by atoms with E-state index in [1.165, 1.54) is 17.7 Å². The van der Waals surface area contributed by atoms with E-state index >= 15 is 0 Å². The summed E-state index contributed by atoms with van der Waals surface area (Å²) in [7, 11) is -1.32. The molecule has 0 atom stereocenters. The van der Waals surface area contributed by atoms with Crippen molar-refractivity contribution < 1.29 is 9.66 Å². The van der Waals surface area contributed by atoms with Gasteiger partial charge in [0.15, 0.2) is 0 Å². The lowest BCUT2D eigenvalue weighted by atomic mass is 9.86. The van der Waals surface area contributed by atoms with Gasteiger partial charge in [0.2, 0.25) is 0 Å². The molecule has 238 valence electrons. The summed E-state index contributed by atoms with van der Waals surface area (Å²) >= 11 is 13.0. The molecular weight excluding hydrogens is 633 g/mol. The van der Waals surface area contributed by atoms with Crippen molar-refractivity contribution in [2.45, 2.75) is 58.6 Å². The smallest absolute Gasteiger partial charge is 0.269 e. The molecule has 0 aliphatic rings. The number of non-ortho nitro benzene ring substituents is 1. The maximum absolute atomic E-state index is 11.5. The van der Waals surface area contributed by atoms with Crippen molar-refractivity contribution in [1.29, 1.82) is 0 Å². The Bertz CT molecular complexity index is 1840. The van der Waals surface area contributed by atoms with Gasteiger partial charge in [-0.1, -0.05) is 112 Å². The van der Waals surface area contributed by atoms with E-state index in [0.717, 1.165) is 34.0 Å². The van der Waals surface area contributed by atoms with Crippen molar-refractivity contribution in [2.24, 2.45) is 0 Å². The van der Waals surface area contributed by atoms with Gasteiger partial charge in [-0.05, 0) is 58.5 Å². The van der Waals surface area contributed by atoms with Crippen LogP contribution >= 0.6 is 23.2 Å². The largest absolute Gasteiger partial charge is 0.361 e. The number of imidazole rings is 1. The summed E-state index contributed by atoms with van der Waals surface area (Å²) in [4.78, 5) is 16.2. The predicted molar refractivity (Wildman–Crippen MR) is 193 cm³/mol. The Morgan fingerprint density at radius 1 is 0.826 bits per heavy atom. The molecule has 0 aliphatic carbocycles. The van der Waals surface area contributed by atoms with Crippen molar-refractivity contribution in [3.05, 3.63) is 117 Å². The lowest BCUT2D eigenvalue weighted by Gasteiger charge is -2.19. The highest BCUT2D eigenvalue weighted by atomic mass is 35.5. The van der Waals surface area contributed by atoms with Crippen LogP contribution in [0, 0.1) is 10.1 Å². The average Bonchev–Trinajstić information content (AvgIpc) is 3.37. The summed E-state index contributed by atoms with van der Waals surface area (Å²) in [5.74, 6) is 0.706. The first-order valence-electron chi connectivity index (χ1n) is 15.3. The Morgan fingerprint density at radius 3 is 1.93 bits per heavy atom. The zero-order valence-corrected chi connectivity index (χ0v) is 29.6. The lowest BCUT2D eigenvalue weighted by molar-refractivity contribution is -0.384. The molecule has 5 rings (SSSR count). The van der Waals surface area contributed by atoms with Gasteiger partial charge in [-0.25, -0.2) is 4.98 Å². The summed E-state index contributed by atoms with van der Waals surface area (Å²) in [5, 5.41) is 12.4. The Balaban J connectivity index is 1.64. The van der Waals surface area contributed by atoms with Crippen LogP contribution in [0.15, 0.2) is 91.0 Å². The maximum Gasteiger partial charge on any atom is 0.269 e. The average molecular weight is 673 g/mol. The second-order valence-corrected chi connectivity index (χ2v) is 20.2. The number of aromatic nitrogens is 2. The zero-order valence-electron chi connectivity index (χ0n) is 27.1. The van der Waals surface area contributed by atoms with E-state index in [1.54, 1.807) is 24.3 Å². The van der Waals surface area contributed by atoms with Crippen LogP contribution in [0.5, 0.6) is 0 Å². The zero-order chi connectivity index (χ0) is 33.2. The van der Waals surface area contributed by atoms with Crippen molar-refractivity contribution in [1.82, 2.24) is 9.55 Å². The topological polar surface area (TPSA) is 70.2 Å². The number of ether oxygens (including phenoxy) is 1. The van der Waals surface area contributed by atoms with Crippen LogP contribution < -0.4 is 0 Å². The first-order valence-corrected chi connectivity index (χ1v) is 19.8. The standard InChI is InChI=1S/C37H39Cl2N3O3Si/c1-37(2,3)29-15-11-26(12-16-29)25-7-9-28(10-8-25)36-40-34(32-20-17-30(38)23-33(32)39)35(27-13-18-31(19-14-27)42(43)44)41(36)24-45-21-22-46(4,5)6/h7-20,23H,21-22,24H2,1-6H3. The van der Waals surface area contributed by atoms with Crippen LogP contribution in [0.3, 0.4) is 0 Å². The molecule has 46 heavy (non-hydrogen) atoms. The summed E-state index contributed by atoms with van der Waals surface area (Å²) in [6, 6.07) is 29.9. The number of halogens is 2. The molecule has 0 saturated heterocycles. The minimum atomic E-state index is -1.32. The number of benzene rings is 4. The molecule has 0 unspecified atom stereocenters. The highest BCUT2D eigenvalue weighted by molar-refractivity contribution is 6.76. The fraction of sp³-hybridized carbons (Fsp3) is 0.270. The molecule has 0 radical (unpaired) electrons. The van der Waals surface area contributed by atoms with Gasteiger partial charge in [-0.15, -0.1) is 0 Å².